The molecule has 0 bridgehead atoms. The Kier molecular flexibility index (Phi) is 5.65. The zero-order valence-electron chi connectivity index (χ0n) is 15.4. The molecule has 0 aliphatic carbocycles. The molecule has 3 aromatic carbocycles. The highest BCUT2D eigenvalue weighted by molar-refractivity contribution is 7.92. The van der Waals surface area contributed by atoms with Crippen LogP contribution in [0.4, 0.5) is 11.4 Å². The molecule has 0 saturated heterocycles. The van der Waals surface area contributed by atoms with E-state index in [9.17, 15) is 18.0 Å². The number of aromatic carboxylic acids is 1. The number of rotatable bonds is 6. The number of benzene rings is 3. The number of sulfonamides is 1. The van der Waals surface area contributed by atoms with Crippen molar-refractivity contribution >= 4 is 33.3 Å². The molecule has 0 aliphatic heterocycles. The van der Waals surface area contributed by atoms with Gasteiger partial charge in [-0.05, 0) is 55.5 Å². The fourth-order valence-corrected chi connectivity index (χ4v) is 3.67. The summed E-state index contributed by atoms with van der Waals surface area (Å²) in [6.45, 7) is 1.93. The van der Waals surface area contributed by atoms with Gasteiger partial charge in [-0.3, -0.25) is 9.52 Å². The zero-order chi connectivity index (χ0) is 21.0. The van der Waals surface area contributed by atoms with Crippen molar-refractivity contribution in [3.8, 4) is 0 Å². The van der Waals surface area contributed by atoms with Crippen LogP contribution in [-0.4, -0.2) is 25.4 Å². The minimum atomic E-state index is -4.01. The standard InChI is InChI=1S/C21H18N2O5S/c1-14-8-10-17(11-9-14)22-20(24)15-4-3-7-19(13-15)29(27,28)23-18-6-2-5-16(12-18)21(25)26/h2-13,23H,1H3,(H,22,24)(H,25,26). The van der Waals surface area contributed by atoms with E-state index in [0.29, 0.717) is 5.69 Å². The Morgan fingerprint density at radius 1 is 0.828 bits per heavy atom. The van der Waals surface area contributed by atoms with Crippen molar-refractivity contribution in [2.24, 2.45) is 0 Å². The van der Waals surface area contributed by atoms with Gasteiger partial charge in [0, 0.05) is 16.9 Å². The summed E-state index contributed by atoms with van der Waals surface area (Å²) in [5.41, 5.74) is 1.88. The first-order chi connectivity index (χ1) is 13.7. The summed E-state index contributed by atoms with van der Waals surface area (Å²) in [5.74, 6) is -1.61. The molecule has 0 atom stereocenters. The summed E-state index contributed by atoms with van der Waals surface area (Å²) in [6.07, 6.45) is 0. The fourth-order valence-electron chi connectivity index (χ4n) is 2.57. The van der Waals surface area contributed by atoms with Gasteiger partial charge in [0.1, 0.15) is 0 Å². The molecule has 1 amide bonds. The number of hydrogen-bond acceptors (Lipinski definition) is 4. The van der Waals surface area contributed by atoms with Crippen LogP contribution in [0.1, 0.15) is 26.3 Å². The molecular weight excluding hydrogens is 392 g/mol. The Labute approximate surface area is 168 Å². The molecule has 3 N–H and O–H groups in total. The average Bonchev–Trinajstić information content (AvgIpc) is 2.69. The molecule has 148 valence electrons. The smallest absolute Gasteiger partial charge is 0.335 e. The lowest BCUT2D eigenvalue weighted by molar-refractivity contribution is 0.0696. The zero-order valence-corrected chi connectivity index (χ0v) is 16.2. The molecular formula is C21H18N2O5S. The molecule has 3 aromatic rings. The maximum atomic E-state index is 12.7. The summed E-state index contributed by atoms with van der Waals surface area (Å²) in [6, 6.07) is 18.3. The lowest BCUT2D eigenvalue weighted by Crippen LogP contribution is -2.16. The van der Waals surface area contributed by atoms with Gasteiger partial charge in [-0.2, -0.15) is 0 Å². The minimum absolute atomic E-state index is 0.0450. The van der Waals surface area contributed by atoms with Gasteiger partial charge in [0.2, 0.25) is 0 Å². The number of carboxylic acid groups (broad SMARTS) is 1. The number of carbonyl (C=O) groups is 2. The number of aryl methyl sites for hydroxylation is 1. The van der Waals surface area contributed by atoms with Gasteiger partial charge >= 0.3 is 5.97 Å². The van der Waals surface area contributed by atoms with Crippen LogP contribution in [0.25, 0.3) is 0 Å². The van der Waals surface area contributed by atoms with Crippen LogP contribution < -0.4 is 10.0 Å². The summed E-state index contributed by atoms with van der Waals surface area (Å²) in [4.78, 5) is 23.4. The molecule has 0 heterocycles. The first kappa shape index (κ1) is 20.1. The van der Waals surface area contributed by atoms with Gasteiger partial charge in [-0.15, -0.1) is 0 Å². The van der Waals surface area contributed by atoms with Crippen LogP contribution in [0.2, 0.25) is 0 Å². The maximum absolute atomic E-state index is 12.7. The molecule has 0 aliphatic rings. The molecule has 8 heteroatoms. The third kappa shape index (κ3) is 4.99. The van der Waals surface area contributed by atoms with Gasteiger partial charge in [0.05, 0.1) is 10.5 Å². The first-order valence-electron chi connectivity index (χ1n) is 8.59. The third-order valence-electron chi connectivity index (χ3n) is 4.08. The summed E-state index contributed by atoms with van der Waals surface area (Å²) in [7, 11) is -4.01. The van der Waals surface area contributed by atoms with Crippen molar-refractivity contribution < 1.29 is 23.1 Å². The highest BCUT2D eigenvalue weighted by atomic mass is 32.2. The maximum Gasteiger partial charge on any atom is 0.335 e. The Morgan fingerprint density at radius 3 is 2.17 bits per heavy atom. The summed E-state index contributed by atoms with van der Waals surface area (Å²) >= 11 is 0. The van der Waals surface area contributed by atoms with Crippen molar-refractivity contribution in [1.29, 1.82) is 0 Å². The van der Waals surface area contributed by atoms with E-state index >= 15 is 0 Å². The van der Waals surface area contributed by atoms with Crippen molar-refractivity contribution in [3.05, 3.63) is 89.5 Å². The normalized spacial score (nSPS) is 10.9. The predicted octanol–water partition coefficient (Wildman–Crippen LogP) is 3.75. The highest BCUT2D eigenvalue weighted by Crippen LogP contribution is 2.19. The molecule has 0 saturated carbocycles. The van der Waals surface area contributed by atoms with E-state index in [0.717, 1.165) is 5.56 Å². The third-order valence-corrected chi connectivity index (χ3v) is 5.46. The molecule has 0 radical (unpaired) electrons. The lowest BCUT2D eigenvalue weighted by atomic mass is 10.2. The lowest BCUT2D eigenvalue weighted by Gasteiger charge is -2.10. The Bertz CT molecular complexity index is 1170. The molecule has 0 spiro atoms. The number of anilines is 2. The van der Waals surface area contributed by atoms with Gasteiger partial charge in [0.15, 0.2) is 0 Å². The van der Waals surface area contributed by atoms with Crippen LogP contribution in [-0.2, 0) is 10.0 Å². The number of amides is 1. The average molecular weight is 410 g/mol. The molecule has 7 nitrogen and oxygen atoms in total. The van der Waals surface area contributed by atoms with Gasteiger partial charge < -0.3 is 10.4 Å². The van der Waals surface area contributed by atoms with E-state index in [2.05, 4.69) is 10.0 Å². The molecule has 0 unspecified atom stereocenters. The van der Waals surface area contributed by atoms with E-state index in [1.165, 1.54) is 48.5 Å². The van der Waals surface area contributed by atoms with Crippen LogP contribution in [0, 0.1) is 6.92 Å². The monoisotopic (exact) mass is 410 g/mol. The van der Waals surface area contributed by atoms with Crippen LogP contribution in [0.5, 0.6) is 0 Å². The van der Waals surface area contributed by atoms with Crippen molar-refractivity contribution in [2.45, 2.75) is 11.8 Å². The first-order valence-corrected chi connectivity index (χ1v) is 10.1. The molecule has 3 rings (SSSR count). The van der Waals surface area contributed by atoms with E-state index in [1.807, 2.05) is 19.1 Å². The largest absolute Gasteiger partial charge is 0.478 e. The Hall–Kier alpha value is -3.65. The number of nitrogens with one attached hydrogen (secondary N) is 2. The van der Waals surface area contributed by atoms with Crippen LogP contribution in [0.3, 0.4) is 0 Å². The van der Waals surface area contributed by atoms with E-state index < -0.39 is 21.9 Å². The van der Waals surface area contributed by atoms with Crippen LogP contribution >= 0.6 is 0 Å². The van der Waals surface area contributed by atoms with Gasteiger partial charge in [-0.1, -0.05) is 29.8 Å². The topological polar surface area (TPSA) is 113 Å². The molecule has 29 heavy (non-hydrogen) atoms. The van der Waals surface area contributed by atoms with Gasteiger partial charge in [0.25, 0.3) is 15.9 Å². The second kappa shape index (κ2) is 8.15. The number of hydrogen-bond donors (Lipinski definition) is 3. The van der Waals surface area contributed by atoms with Crippen molar-refractivity contribution in [2.75, 3.05) is 10.0 Å². The van der Waals surface area contributed by atoms with Gasteiger partial charge in [-0.25, -0.2) is 13.2 Å². The molecule has 0 aromatic heterocycles. The molecule has 0 fully saturated rings. The fraction of sp³-hybridized carbons (Fsp3) is 0.0476. The van der Waals surface area contributed by atoms with E-state index in [1.54, 1.807) is 12.1 Å². The summed E-state index contributed by atoms with van der Waals surface area (Å²) in [5, 5.41) is 11.8. The van der Waals surface area contributed by atoms with E-state index in [-0.39, 0.29) is 21.7 Å². The predicted molar refractivity (Wildman–Crippen MR) is 110 cm³/mol. The Balaban J connectivity index is 1.82. The number of carbonyl (C=O) groups excluding carboxylic acids is 1. The SMILES string of the molecule is Cc1ccc(NC(=O)c2cccc(S(=O)(=O)Nc3cccc(C(=O)O)c3)c2)cc1. The highest BCUT2D eigenvalue weighted by Gasteiger charge is 2.17. The minimum Gasteiger partial charge on any atom is -0.478 e. The Morgan fingerprint density at radius 2 is 1.48 bits per heavy atom. The van der Waals surface area contributed by atoms with E-state index in [4.69, 9.17) is 5.11 Å². The van der Waals surface area contributed by atoms with Crippen LogP contribution in [0.15, 0.2) is 77.7 Å². The quantitative estimate of drug-likeness (QED) is 0.573. The second-order valence-electron chi connectivity index (χ2n) is 6.34. The van der Waals surface area contributed by atoms with Crippen molar-refractivity contribution in [1.82, 2.24) is 0 Å². The van der Waals surface area contributed by atoms with Crippen molar-refractivity contribution in [3.63, 3.8) is 0 Å². The second-order valence-corrected chi connectivity index (χ2v) is 8.02. The summed E-state index contributed by atoms with van der Waals surface area (Å²) < 4.78 is 27.7. The number of carboxylic acids is 1.